The Kier molecular flexibility index (Phi) is 5.70. The summed E-state index contributed by atoms with van der Waals surface area (Å²) < 4.78 is 34.0. The second kappa shape index (κ2) is 7.82. The van der Waals surface area contributed by atoms with Crippen molar-refractivity contribution in [3.63, 3.8) is 0 Å². The van der Waals surface area contributed by atoms with Crippen LogP contribution in [0.1, 0.15) is 54.6 Å². The van der Waals surface area contributed by atoms with Crippen molar-refractivity contribution in [2.45, 2.75) is 57.5 Å². The van der Waals surface area contributed by atoms with Gasteiger partial charge in [-0.2, -0.15) is 0 Å². The van der Waals surface area contributed by atoms with E-state index < -0.39 is 15.8 Å². The molecule has 1 aliphatic carbocycles. The molecule has 1 aromatic heterocycles. The van der Waals surface area contributed by atoms with Gasteiger partial charge >= 0.3 is 5.97 Å². The maximum Gasteiger partial charge on any atom is 0.342 e. The van der Waals surface area contributed by atoms with E-state index in [1.165, 1.54) is 12.3 Å². The summed E-state index contributed by atoms with van der Waals surface area (Å²) in [4.78, 5) is 26.6. The zero-order valence-electron chi connectivity index (χ0n) is 15.0. The van der Waals surface area contributed by atoms with E-state index in [4.69, 9.17) is 9.15 Å². The molecule has 3 rings (SSSR count). The maximum absolute atomic E-state index is 12.8. The van der Waals surface area contributed by atoms with Gasteiger partial charge in [0.1, 0.15) is 11.3 Å². The first-order valence-electron chi connectivity index (χ1n) is 9.10. The molecule has 1 aliphatic heterocycles. The Morgan fingerprint density at radius 2 is 1.92 bits per heavy atom. The number of rotatable bonds is 5. The van der Waals surface area contributed by atoms with E-state index in [0.29, 0.717) is 17.7 Å². The maximum atomic E-state index is 12.8. The smallest absolute Gasteiger partial charge is 0.342 e. The molecule has 0 unspecified atom stereocenters. The van der Waals surface area contributed by atoms with Crippen LogP contribution < -0.4 is 0 Å². The first-order chi connectivity index (χ1) is 12.4. The van der Waals surface area contributed by atoms with E-state index in [0.717, 1.165) is 32.1 Å². The summed E-state index contributed by atoms with van der Waals surface area (Å²) in [5.41, 5.74) is 0.297. The molecule has 0 spiro atoms. The van der Waals surface area contributed by atoms with Gasteiger partial charge in [-0.3, -0.25) is 4.79 Å². The van der Waals surface area contributed by atoms with Crippen molar-refractivity contribution in [1.29, 1.82) is 0 Å². The molecule has 0 radical (unpaired) electrons. The second-order valence-electron chi connectivity index (χ2n) is 7.12. The highest BCUT2D eigenvalue weighted by Gasteiger charge is 2.38. The Balaban J connectivity index is 1.68. The Hall–Kier alpha value is -1.83. The summed E-state index contributed by atoms with van der Waals surface area (Å²) in [6, 6.07) is 1.22. The molecular formula is C18H25NO6S. The van der Waals surface area contributed by atoms with E-state index in [1.807, 2.05) is 0 Å². The molecule has 1 amide bonds. The van der Waals surface area contributed by atoms with Crippen LogP contribution >= 0.6 is 0 Å². The quantitative estimate of drug-likeness (QED) is 0.723. The van der Waals surface area contributed by atoms with Crippen LogP contribution in [0.4, 0.5) is 0 Å². The number of nitrogens with zero attached hydrogens (tertiary/aromatic N) is 1. The average molecular weight is 383 g/mol. The van der Waals surface area contributed by atoms with Crippen molar-refractivity contribution >= 4 is 21.7 Å². The summed E-state index contributed by atoms with van der Waals surface area (Å²) in [5.74, 6) is -0.360. The largest absolute Gasteiger partial charge is 0.469 e. The molecule has 7 nitrogen and oxygen atoms in total. The lowest BCUT2D eigenvalue weighted by Crippen LogP contribution is -2.50. The fraction of sp³-hybridized carbons (Fsp3) is 0.667. The van der Waals surface area contributed by atoms with Gasteiger partial charge in [-0.05, 0) is 32.3 Å². The molecule has 8 heteroatoms. The molecular weight excluding hydrogens is 358 g/mol. The van der Waals surface area contributed by atoms with Gasteiger partial charge in [0.25, 0.3) is 5.91 Å². The third kappa shape index (κ3) is 4.28. The van der Waals surface area contributed by atoms with Crippen molar-refractivity contribution in [1.82, 2.24) is 4.90 Å². The standard InChI is InChI=1S/C18H25NO6S/c1-13-16(7-9-24-13)18(21)25-11-17(20)19(14-5-3-2-4-6-14)15-8-10-26(22,23)12-15/h7,9,14-15H,2-6,8,10-12H2,1H3/t15-/m1/s1. The van der Waals surface area contributed by atoms with E-state index in [9.17, 15) is 18.0 Å². The minimum absolute atomic E-state index is 0.00399. The molecule has 1 saturated carbocycles. The first kappa shape index (κ1) is 18.9. The predicted octanol–water partition coefficient (Wildman–Crippen LogP) is 2.09. The summed E-state index contributed by atoms with van der Waals surface area (Å²) in [5, 5.41) is 0. The van der Waals surface area contributed by atoms with Crippen LogP contribution in [0, 0.1) is 6.92 Å². The second-order valence-corrected chi connectivity index (χ2v) is 9.35. The Bertz CT molecular complexity index is 762. The summed E-state index contributed by atoms with van der Waals surface area (Å²) in [7, 11) is -3.10. The number of esters is 1. The van der Waals surface area contributed by atoms with Gasteiger partial charge in [0.15, 0.2) is 16.4 Å². The summed E-state index contributed by atoms with van der Waals surface area (Å²) >= 11 is 0. The third-order valence-corrected chi connectivity index (χ3v) is 7.01. The Morgan fingerprint density at radius 3 is 2.50 bits per heavy atom. The van der Waals surface area contributed by atoms with E-state index in [-0.39, 0.29) is 36.1 Å². The highest BCUT2D eigenvalue weighted by Crippen LogP contribution is 2.28. The number of furan rings is 1. The predicted molar refractivity (Wildman–Crippen MR) is 94.5 cm³/mol. The minimum Gasteiger partial charge on any atom is -0.469 e. The molecule has 26 heavy (non-hydrogen) atoms. The van der Waals surface area contributed by atoms with Crippen molar-refractivity contribution in [3.8, 4) is 0 Å². The van der Waals surface area contributed by atoms with Crippen LogP contribution in [0.5, 0.6) is 0 Å². The zero-order valence-corrected chi connectivity index (χ0v) is 15.8. The normalized spacial score (nSPS) is 22.9. The van der Waals surface area contributed by atoms with Crippen molar-refractivity contribution < 1.29 is 27.2 Å². The molecule has 1 saturated heterocycles. The van der Waals surface area contributed by atoms with Gasteiger partial charge in [-0.1, -0.05) is 19.3 Å². The number of aryl methyl sites for hydroxylation is 1. The van der Waals surface area contributed by atoms with Crippen LogP contribution in [-0.4, -0.2) is 55.4 Å². The summed E-state index contributed by atoms with van der Waals surface area (Å²) in [6.07, 6.45) is 6.79. The number of ether oxygens (including phenoxy) is 1. The SMILES string of the molecule is Cc1occc1C(=O)OCC(=O)N(C1CCCCC1)[C@@H]1CCS(=O)(=O)C1. The molecule has 144 valence electrons. The number of sulfone groups is 1. The van der Waals surface area contributed by atoms with Crippen LogP contribution in [0.3, 0.4) is 0 Å². The van der Waals surface area contributed by atoms with Crippen LogP contribution in [-0.2, 0) is 19.4 Å². The number of hydrogen-bond acceptors (Lipinski definition) is 6. The average Bonchev–Trinajstić information content (AvgIpc) is 3.19. The number of carbonyl (C=O) groups is 2. The monoisotopic (exact) mass is 383 g/mol. The van der Waals surface area contributed by atoms with E-state index >= 15 is 0 Å². The van der Waals surface area contributed by atoms with Crippen molar-refractivity contribution in [2.75, 3.05) is 18.1 Å². The minimum atomic E-state index is -3.10. The molecule has 2 aliphatic rings. The van der Waals surface area contributed by atoms with Gasteiger partial charge in [-0.15, -0.1) is 0 Å². The number of hydrogen-bond donors (Lipinski definition) is 0. The van der Waals surface area contributed by atoms with Gasteiger partial charge in [0, 0.05) is 12.1 Å². The topological polar surface area (TPSA) is 93.9 Å². The van der Waals surface area contributed by atoms with Crippen molar-refractivity contribution in [3.05, 3.63) is 23.7 Å². The lowest BCUT2D eigenvalue weighted by atomic mass is 9.93. The fourth-order valence-electron chi connectivity index (χ4n) is 3.94. The van der Waals surface area contributed by atoms with Crippen LogP contribution in [0.25, 0.3) is 0 Å². The van der Waals surface area contributed by atoms with Crippen LogP contribution in [0.15, 0.2) is 16.7 Å². The lowest BCUT2D eigenvalue weighted by Gasteiger charge is -2.38. The Morgan fingerprint density at radius 1 is 1.19 bits per heavy atom. The number of carbonyl (C=O) groups excluding carboxylic acids is 2. The molecule has 2 heterocycles. The first-order valence-corrected chi connectivity index (χ1v) is 10.9. The van der Waals surface area contributed by atoms with E-state index in [2.05, 4.69) is 0 Å². The summed E-state index contributed by atoms with van der Waals surface area (Å²) in [6.45, 7) is 1.27. The molecule has 1 aromatic rings. The van der Waals surface area contributed by atoms with Gasteiger partial charge in [0.2, 0.25) is 0 Å². The molecule has 0 aromatic carbocycles. The third-order valence-electron chi connectivity index (χ3n) is 5.26. The zero-order chi connectivity index (χ0) is 18.7. The molecule has 1 atom stereocenters. The fourth-order valence-corrected chi connectivity index (χ4v) is 5.65. The number of amides is 1. The van der Waals surface area contributed by atoms with Gasteiger partial charge < -0.3 is 14.1 Å². The Labute approximate surface area is 153 Å². The van der Waals surface area contributed by atoms with Crippen molar-refractivity contribution in [2.24, 2.45) is 0 Å². The highest BCUT2D eigenvalue weighted by molar-refractivity contribution is 7.91. The highest BCUT2D eigenvalue weighted by atomic mass is 32.2. The molecule has 2 fully saturated rings. The lowest BCUT2D eigenvalue weighted by molar-refractivity contribution is -0.140. The molecule has 0 N–H and O–H groups in total. The van der Waals surface area contributed by atoms with Gasteiger partial charge in [0.05, 0.1) is 17.8 Å². The van der Waals surface area contributed by atoms with Gasteiger partial charge in [-0.25, -0.2) is 13.2 Å². The van der Waals surface area contributed by atoms with Crippen LogP contribution in [0.2, 0.25) is 0 Å². The van der Waals surface area contributed by atoms with E-state index in [1.54, 1.807) is 11.8 Å². The molecule has 0 bridgehead atoms.